The Labute approximate surface area is 235 Å². The SMILES string of the molecule is O=C(OCC1c2ccccc2-c2ccccc21)N1C2C=C(c3ccccc3OCc3ccccc3)CC1CCC2. The summed E-state index contributed by atoms with van der Waals surface area (Å²) in [5.74, 6) is 0.964. The van der Waals surface area contributed by atoms with E-state index in [0.717, 1.165) is 42.6 Å². The lowest BCUT2D eigenvalue weighted by molar-refractivity contribution is 0.0538. The van der Waals surface area contributed by atoms with E-state index in [1.54, 1.807) is 0 Å². The molecule has 0 radical (unpaired) electrons. The van der Waals surface area contributed by atoms with Crippen molar-refractivity contribution >= 4 is 11.7 Å². The van der Waals surface area contributed by atoms with E-state index >= 15 is 0 Å². The van der Waals surface area contributed by atoms with Gasteiger partial charge in [-0.2, -0.15) is 0 Å². The highest BCUT2D eigenvalue weighted by Crippen LogP contribution is 2.45. The number of hydrogen-bond acceptors (Lipinski definition) is 3. The van der Waals surface area contributed by atoms with E-state index < -0.39 is 0 Å². The fourth-order valence-corrected chi connectivity index (χ4v) is 6.78. The molecule has 2 atom stereocenters. The molecular formula is C36H33NO3. The predicted octanol–water partition coefficient (Wildman–Crippen LogP) is 8.22. The molecule has 0 saturated carbocycles. The van der Waals surface area contributed by atoms with Gasteiger partial charge < -0.3 is 9.47 Å². The zero-order valence-corrected chi connectivity index (χ0v) is 22.5. The summed E-state index contributed by atoms with van der Waals surface area (Å²) in [5, 5.41) is 0. The van der Waals surface area contributed by atoms with Gasteiger partial charge in [0, 0.05) is 17.5 Å². The minimum Gasteiger partial charge on any atom is -0.488 e. The second-order valence-corrected chi connectivity index (χ2v) is 11.0. The van der Waals surface area contributed by atoms with E-state index in [0.29, 0.717) is 13.2 Å². The molecular weight excluding hydrogens is 494 g/mol. The van der Waals surface area contributed by atoms with E-state index in [4.69, 9.17) is 9.47 Å². The quantitative estimate of drug-likeness (QED) is 0.254. The number of amides is 1. The molecule has 2 heterocycles. The average Bonchev–Trinajstić information content (AvgIpc) is 3.32. The van der Waals surface area contributed by atoms with Gasteiger partial charge in [-0.1, -0.05) is 103 Å². The van der Waals surface area contributed by atoms with Crippen LogP contribution in [0.5, 0.6) is 5.75 Å². The molecule has 2 unspecified atom stereocenters. The van der Waals surface area contributed by atoms with E-state index in [1.807, 2.05) is 35.2 Å². The smallest absolute Gasteiger partial charge is 0.410 e. The Hall–Kier alpha value is -4.31. The molecule has 0 spiro atoms. The molecule has 1 amide bonds. The van der Waals surface area contributed by atoms with Crippen molar-refractivity contribution in [2.45, 2.75) is 50.3 Å². The summed E-state index contributed by atoms with van der Waals surface area (Å²) in [6, 6.07) is 35.7. The molecule has 4 nitrogen and oxygen atoms in total. The van der Waals surface area contributed by atoms with Crippen molar-refractivity contribution < 1.29 is 14.3 Å². The monoisotopic (exact) mass is 527 g/mol. The van der Waals surface area contributed by atoms with Crippen molar-refractivity contribution in [3.05, 3.63) is 131 Å². The standard InChI is InChI=1S/C36H33NO3/c38-36(40-24-34-32-18-6-4-16-30(32)31-17-5-7-19-33(31)34)37-27-13-10-14-28(37)22-26(21-27)29-15-8-9-20-35(29)39-23-25-11-2-1-3-12-25/h1-9,11-12,15-21,27-28,34H,10,13-14,22-24H2. The predicted molar refractivity (Wildman–Crippen MR) is 158 cm³/mol. The molecule has 1 fully saturated rings. The molecule has 40 heavy (non-hydrogen) atoms. The number of benzene rings is 4. The third kappa shape index (κ3) is 4.58. The molecule has 1 saturated heterocycles. The summed E-state index contributed by atoms with van der Waals surface area (Å²) in [4.78, 5) is 15.6. The zero-order valence-electron chi connectivity index (χ0n) is 22.5. The first-order valence-electron chi connectivity index (χ1n) is 14.4. The minimum absolute atomic E-state index is 0.0420. The molecule has 200 valence electrons. The molecule has 3 aliphatic rings. The van der Waals surface area contributed by atoms with Gasteiger partial charge in [0.25, 0.3) is 0 Å². The van der Waals surface area contributed by atoms with E-state index in [-0.39, 0.29) is 24.1 Å². The number of carbonyl (C=O) groups excluding carboxylic acids is 1. The largest absolute Gasteiger partial charge is 0.488 e. The molecule has 0 N–H and O–H groups in total. The summed E-state index contributed by atoms with van der Waals surface area (Å²) in [6.07, 6.45) is 5.97. The van der Waals surface area contributed by atoms with Crippen LogP contribution in [0.15, 0.2) is 109 Å². The summed E-state index contributed by atoms with van der Waals surface area (Å²) in [7, 11) is 0. The molecule has 4 aromatic carbocycles. The molecule has 0 aromatic heterocycles. The normalized spacial score (nSPS) is 19.4. The highest BCUT2D eigenvalue weighted by atomic mass is 16.6. The Kier molecular flexibility index (Phi) is 6.60. The maximum absolute atomic E-state index is 13.6. The lowest BCUT2D eigenvalue weighted by Crippen LogP contribution is -2.51. The molecule has 1 aliphatic carbocycles. The number of hydrogen-bond donors (Lipinski definition) is 0. The van der Waals surface area contributed by atoms with Gasteiger partial charge in [0.05, 0.1) is 6.04 Å². The lowest BCUT2D eigenvalue weighted by Gasteiger charge is -2.44. The molecule has 7 rings (SSSR count). The zero-order chi connectivity index (χ0) is 26.9. The Morgan fingerprint density at radius 2 is 1.40 bits per heavy atom. The number of fused-ring (bicyclic) bond motifs is 5. The number of nitrogens with zero attached hydrogens (tertiary/aromatic N) is 1. The maximum atomic E-state index is 13.6. The second-order valence-electron chi connectivity index (χ2n) is 11.0. The lowest BCUT2D eigenvalue weighted by atomic mass is 9.83. The van der Waals surface area contributed by atoms with Crippen molar-refractivity contribution in [3.8, 4) is 16.9 Å². The van der Waals surface area contributed by atoms with E-state index in [1.165, 1.54) is 27.8 Å². The number of piperidine rings is 1. The van der Waals surface area contributed by atoms with Gasteiger partial charge in [0.1, 0.15) is 19.0 Å². The summed E-state index contributed by atoms with van der Waals surface area (Å²) in [5.41, 5.74) is 8.51. The number of carbonyl (C=O) groups is 1. The van der Waals surface area contributed by atoms with Gasteiger partial charge >= 0.3 is 6.09 Å². The number of ether oxygens (including phenoxy) is 2. The number of rotatable bonds is 6. The maximum Gasteiger partial charge on any atom is 0.410 e. The average molecular weight is 528 g/mol. The second kappa shape index (κ2) is 10.7. The third-order valence-corrected chi connectivity index (χ3v) is 8.65. The first-order chi connectivity index (χ1) is 19.8. The molecule has 4 aromatic rings. The Bertz CT molecular complexity index is 1510. The molecule has 2 aliphatic heterocycles. The van der Waals surface area contributed by atoms with Gasteiger partial charge in [-0.3, -0.25) is 4.90 Å². The van der Waals surface area contributed by atoms with Crippen LogP contribution in [0.4, 0.5) is 4.79 Å². The van der Waals surface area contributed by atoms with Gasteiger partial charge in [0.2, 0.25) is 0 Å². The Balaban J connectivity index is 1.09. The first kappa shape index (κ1) is 24.7. The number of para-hydroxylation sites is 1. The van der Waals surface area contributed by atoms with Crippen molar-refractivity contribution in [2.24, 2.45) is 0 Å². The van der Waals surface area contributed by atoms with Crippen LogP contribution in [0.2, 0.25) is 0 Å². The van der Waals surface area contributed by atoms with Crippen molar-refractivity contribution in [2.75, 3.05) is 6.61 Å². The third-order valence-electron chi connectivity index (χ3n) is 8.65. The topological polar surface area (TPSA) is 38.8 Å². The van der Waals surface area contributed by atoms with Crippen LogP contribution in [-0.2, 0) is 11.3 Å². The molecule has 4 heteroatoms. The fourth-order valence-electron chi connectivity index (χ4n) is 6.78. The van der Waals surface area contributed by atoms with Crippen LogP contribution in [0.1, 0.15) is 53.9 Å². The van der Waals surface area contributed by atoms with Gasteiger partial charge in [0.15, 0.2) is 0 Å². The van der Waals surface area contributed by atoms with Crippen LogP contribution < -0.4 is 4.74 Å². The van der Waals surface area contributed by atoms with Gasteiger partial charge in [-0.05, 0) is 65.1 Å². The van der Waals surface area contributed by atoms with Crippen LogP contribution in [0, 0.1) is 0 Å². The van der Waals surface area contributed by atoms with Crippen LogP contribution >= 0.6 is 0 Å². The summed E-state index contributed by atoms with van der Waals surface area (Å²) >= 11 is 0. The summed E-state index contributed by atoms with van der Waals surface area (Å²) in [6.45, 7) is 0.888. The van der Waals surface area contributed by atoms with Crippen molar-refractivity contribution in [3.63, 3.8) is 0 Å². The summed E-state index contributed by atoms with van der Waals surface area (Å²) < 4.78 is 12.4. The van der Waals surface area contributed by atoms with Crippen molar-refractivity contribution in [1.29, 1.82) is 0 Å². The first-order valence-corrected chi connectivity index (χ1v) is 14.4. The highest BCUT2D eigenvalue weighted by Gasteiger charge is 2.39. The van der Waals surface area contributed by atoms with E-state index in [9.17, 15) is 4.79 Å². The van der Waals surface area contributed by atoms with Crippen LogP contribution in [-0.4, -0.2) is 29.7 Å². The highest BCUT2D eigenvalue weighted by molar-refractivity contribution is 5.80. The van der Waals surface area contributed by atoms with Crippen molar-refractivity contribution in [1.82, 2.24) is 4.90 Å². The van der Waals surface area contributed by atoms with E-state index in [2.05, 4.69) is 78.9 Å². The van der Waals surface area contributed by atoms with Gasteiger partial charge in [-0.15, -0.1) is 0 Å². The Morgan fingerprint density at radius 1 is 0.750 bits per heavy atom. The van der Waals surface area contributed by atoms with Gasteiger partial charge in [-0.25, -0.2) is 4.79 Å². The minimum atomic E-state index is -0.194. The van der Waals surface area contributed by atoms with Crippen LogP contribution in [0.25, 0.3) is 16.7 Å². The molecule has 2 bridgehead atoms. The Morgan fingerprint density at radius 3 is 2.12 bits per heavy atom. The fraction of sp³-hybridized carbons (Fsp3) is 0.250. The van der Waals surface area contributed by atoms with Crippen LogP contribution in [0.3, 0.4) is 0 Å².